The Bertz CT molecular complexity index is 1010. The van der Waals surface area contributed by atoms with Crippen LogP contribution in [0.1, 0.15) is 54.2 Å². The number of nitrogens with zero attached hydrogens (tertiary/aromatic N) is 3. The fourth-order valence-corrected chi connectivity index (χ4v) is 4.18. The van der Waals surface area contributed by atoms with E-state index in [-0.39, 0.29) is 17.9 Å². The van der Waals surface area contributed by atoms with E-state index in [0.717, 1.165) is 24.2 Å². The Labute approximate surface area is 188 Å². The molecule has 1 aromatic heterocycles. The number of ether oxygens (including phenoxy) is 1. The van der Waals surface area contributed by atoms with Gasteiger partial charge in [-0.1, -0.05) is 55.8 Å². The van der Waals surface area contributed by atoms with Gasteiger partial charge in [-0.2, -0.15) is 5.10 Å². The molecule has 2 heterocycles. The van der Waals surface area contributed by atoms with Crippen LogP contribution >= 0.6 is 11.6 Å². The summed E-state index contributed by atoms with van der Waals surface area (Å²) in [6.07, 6.45) is 3.58. The lowest BCUT2D eigenvalue weighted by atomic mass is 10.0. The number of carbonyl (C=O) groups excluding carboxylic acids is 1. The van der Waals surface area contributed by atoms with E-state index < -0.39 is 0 Å². The molecule has 1 fully saturated rings. The number of likely N-dealkylation sites (tertiary alicyclic amines) is 1. The standard InChI is InChI=1S/C25H28ClN3O2/c1-18(2)24-23(16-27-29(24)21-10-8-20(26)9-11-21)25(30)28-14-12-22(13-15-28)31-17-19-6-4-3-5-7-19/h3-11,16,18,22H,12-15,17H2,1-2H3. The van der Waals surface area contributed by atoms with Gasteiger partial charge < -0.3 is 9.64 Å². The molecule has 2 aromatic carbocycles. The molecular weight excluding hydrogens is 410 g/mol. The van der Waals surface area contributed by atoms with E-state index in [0.29, 0.717) is 30.3 Å². The van der Waals surface area contributed by atoms with Crippen LogP contribution in [0.15, 0.2) is 60.8 Å². The highest BCUT2D eigenvalue weighted by atomic mass is 35.5. The third-order valence-electron chi connectivity index (χ3n) is 5.71. The van der Waals surface area contributed by atoms with Gasteiger partial charge in [-0.25, -0.2) is 4.68 Å². The van der Waals surface area contributed by atoms with Crippen LogP contribution in [0.3, 0.4) is 0 Å². The van der Waals surface area contributed by atoms with Crippen molar-refractivity contribution < 1.29 is 9.53 Å². The van der Waals surface area contributed by atoms with Crippen LogP contribution in [0.5, 0.6) is 0 Å². The zero-order valence-electron chi connectivity index (χ0n) is 18.0. The molecule has 0 radical (unpaired) electrons. The first-order chi connectivity index (χ1) is 15.0. The van der Waals surface area contributed by atoms with Gasteiger partial charge in [-0.15, -0.1) is 0 Å². The molecule has 1 aliphatic heterocycles. The monoisotopic (exact) mass is 437 g/mol. The van der Waals surface area contributed by atoms with E-state index in [1.165, 1.54) is 5.56 Å². The van der Waals surface area contributed by atoms with E-state index >= 15 is 0 Å². The zero-order chi connectivity index (χ0) is 21.8. The molecule has 5 nitrogen and oxygen atoms in total. The lowest BCUT2D eigenvalue weighted by molar-refractivity contribution is -0.000411. The number of aromatic nitrogens is 2. The van der Waals surface area contributed by atoms with Crippen molar-refractivity contribution in [1.82, 2.24) is 14.7 Å². The summed E-state index contributed by atoms with van der Waals surface area (Å²) in [5.74, 6) is 0.203. The van der Waals surface area contributed by atoms with Crippen molar-refractivity contribution in [3.8, 4) is 5.69 Å². The van der Waals surface area contributed by atoms with Gasteiger partial charge in [0.25, 0.3) is 5.91 Å². The minimum Gasteiger partial charge on any atom is -0.373 e. The molecule has 0 atom stereocenters. The van der Waals surface area contributed by atoms with Crippen LogP contribution in [0.25, 0.3) is 5.69 Å². The first-order valence-corrected chi connectivity index (χ1v) is 11.2. The molecule has 162 valence electrons. The Balaban J connectivity index is 1.42. The van der Waals surface area contributed by atoms with Gasteiger partial charge in [-0.3, -0.25) is 4.79 Å². The van der Waals surface area contributed by atoms with Gasteiger partial charge in [0.05, 0.1) is 35.9 Å². The Morgan fingerprint density at radius 2 is 1.77 bits per heavy atom. The molecule has 1 amide bonds. The summed E-state index contributed by atoms with van der Waals surface area (Å²) in [7, 11) is 0. The molecule has 0 N–H and O–H groups in total. The highest BCUT2D eigenvalue weighted by molar-refractivity contribution is 6.30. The van der Waals surface area contributed by atoms with E-state index in [4.69, 9.17) is 16.3 Å². The topological polar surface area (TPSA) is 47.4 Å². The summed E-state index contributed by atoms with van der Waals surface area (Å²) in [5.41, 5.74) is 3.68. The molecule has 31 heavy (non-hydrogen) atoms. The molecule has 6 heteroatoms. The normalized spacial score (nSPS) is 14.9. The SMILES string of the molecule is CC(C)c1c(C(=O)N2CCC(OCc3ccccc3)CC2)cnn1-c1ccc(Cl)cc1. The summed E-state index contributed by atoms with van der Waals surface area (Å²) >= 11 is 6.03. The summed E-state index contributed by atoms with van der Waals surface area (Å²) in [4.78, 5) is 15.2. The van der Waals surface area contributed by atoms with Crippen molar-refractivity contribution in [2.75, 3.05) is 13.1 Å². The average molecular weight is 438 g/mol. The van der Waals surface area contributed by atoms with E-state index in [1.807, 2.05) is 52.0 Å². The van der Waals surface area contributed by atoms with Crippen LogP contribution in [0.2, 0.25) is 5.02 Å². The van der Waals surface area contributed by atoms with Crippen LogP contribution in [0.4, 0.5) is 0 Å². The zero-order valence-corrected chi connectivity index (χ0v) is 18.8. The van der Waals surface area contributed by atoms with E-state index in [9.17, 15) is 4.79 Å². The van der Waals surface area contributed by atoms with Gasteiger partial charge in [0.15, 0.2) is 0 Å². The third-order valence-corrected chi connectivity index (χ3v) is 5.96. The lowest BCUT2D eigenvalue weighted by Crippen LogP contribution is -2.41. The van der Waals surface area contributed by atoms with Gasteiger partial charge in [0.2, 0.25) is 0 Å². The van der Waals surface area contributed by atoms with Gasteiger partial charge in [-0.05, 0) is 48.6 Å². The number of hydrogen-bond donors (Lipinski definition) is 0. The molecule has 0 aliphatic carbocycles. The molecule has 0 saturated carbocycles. The Hall–Kier alpha value is -2.63. The van der Waals surface area contributed by atoms with Gasteiger partial charge in [0.1, 0.15) is 0 Å². The molecule has 0 unspecified atom stereocenters. The van der Waals surface area contributed by atoms with Crippen LogP contribution in [0, 0.1) is 0 Å². The van der Waals surface area contributed by atoms with Crippen LogP contribution in [-0.2, 0) is 11.3 Å². The summed E-state index contributed by atoms with van der Waals surface area (Å²) in [6.45, 7) is 6.18. The van der Waals surface area contributed by atoms with Crippen molar-refractivity contribution in [3.63, 3.8) is 0 Å². The molecule has 1 saturated heterocycles. The maximum absolute atomic E-state index is 13.3. The maximum Gasteiger partial charge on any atom is 0.257 e. The minimum atomic E-state index is 0.0467. The van der Waals surface area contributed by atoms with Gasteiger partial charge >= 0.3 is 0 Å². The Morgan fingerprint density at radius 1 is 1.10 bits per heavy atom. The number of benzene rings is 2. The molecule has 4 rings (SSSR count). The Kier molecular flexibility index (Phi) is 6.73. The summed E-state index contributed by atoms with van der Waals surface area (Å²) in [5, 5.41) is 5.21. The van der Waals surface area contributed by atoms with E-state index in [2.05, 4.69) is 31.1 Å². The fourth-order valence-electron chi connectivity index (χ4n) is 4.05. The summed E-state index contributed by atoms with van der Waals surface area (Å²) < 4.78 is 7.92. The van der Waals surface area contributed by atoms with Crippen molar-refractivity contribution in [3.05, 3.63) is 82.6 Å². The van der Waals surface area contributed by atoms with Crippen molar-refractivity contribution in [1.29, 1.82) is 0 Å². The lowest BCUT2D eigenvalue weighted by Gasteiger charge is -2.32. The molecular formula is C25H28ClN3O2. The molecule has 1 aliphatic rings. The third kappa shape index (κ3) is 5.00. The Morgan fingerprint density at radius 3 is 2.42 bits per heavy atom. The fraction of sp³-hybridized carbons (Fsp3) is 0.360. The number of hydrogen-bond acceptors (Lipinski definition) is 3. The predicted octanol–water partition coefficient (Wildman–Crippen LogP) is 5.47. The smallest absolute Gasteiger partial charge is 0.257 e. The minimum absolute atomic E-state index is 0.0467. The summed E-state index contributed by atoms with van der Waals surface area (Å²) in [6, 6.07) is 17.7. The second-order valence-electron chi connectivity index (χ2n) is 8.27. The van der Waals surface area contributed by atoms with Crippen LogP contribution < -0.4 is 0 Å². The van der Waals surface area contributed by atoms with E-state index in [1.54, 1.807) is 6.20 Å². The highest BCUT2D eigenvalue weighted by Crippen LogP contribution is 2.26. The number of halogens is 1. The highest BCUT2D eigenvalue weighted by Gasteiger charge is 2.28. The predicted molar refractivity (Wildman–Crippen MR) is 123 cm³/mol. The molecule has 3 aromatic rings. The quantitative estimate of drug-likeness (QED) is 0.513. The number of piperidine rings is 1. The van der Waals surface area contributed by atoms with Crippen LogP contribution in [-0.4, -0.2) is 39.8 Å². The number of amides is 1. The molecule has 0 spiro atoms. The maximum atomic E-state index is 13.3. The largest absolute Gasteiger partial charge is 0.373 e. The van der Waals surface area contributed by atoms with Crippen molar-refractivity contribution in [2.24, 2.45) is 0 Å². The second kappa shape index (κ2) is 9.67. The number of rotatable bonds is 6. The second-order valence-corrected chi connectivity index (χ2v) is 8.71. The van der Waals surface area contributed by atoms with Crippen molar-refractivity contribution in [2.45, 2.75) is 45.3 Å². The average Bonchev–Trinajstić information content (AvgIpc) is 3.24. The first kappa shape index (κ1) is 21.6. The van der Waals surface area contributed by atoms with Crippen molar-refractivity contribution >= 4 is 17.5 Å². The number of carbonyl (C=O) groups is 1. The first-order valence-electron chi connectivity index (χ1n) is 10.8. The van der Waals surface area contributed by atoms with Gasteiger partial charge in [0, 0.05) is 18.1 Å². The molecule has 0 bridgehead atoms.